The number of amides is 1. The van der Waals surface area contributed by atoms with E-state index in [2.05, 4.69) is 21.2 Å². The molecule has 2 aromatic carbocycles. The molecule has 5 nitrogen and oxygen atoms in total. The number of carbonyl (C=O) groups is 2. The molecule has 0 aliphatic rings. The number of para-hydroxylation sites is 1. The molecule has 0 radical (unpaired) electrons. The van der Waals surface area contributed by atoms with E-state index in [4.69, 9.17) is 4.74 Å². The average molecular weight is 390 g/mol. The van der Waals surface area contributed by atoms with Gasteiger partial charge in [0.25, 0.3) is 0 Å². The minimum absolute atomic E-state index is 0.0526. The van der Waals surface area contributed by atoms with E-state index in [9.17, 15) is 14.7 Å². The van der Waals surface area contributed by atoms with Crippen LogP contribution in [0.3, 0.4) is 0 Å². The molecule has 0 atom stereocenters. The third kappa shape index (κ3) is 4.23. The fourth-order valence-corrected chi connectivity index (χ4v) is 2.56. The lowest BCUT2D eigenvalue weighted by Gasteiger charge is -2.10. The first-order valence-electron chi connectivity index (χ1n) is 7.08. The monoisotopic (exact) mass is 389 g/mol. The summed E-state index contributed by atoms with van der Waals surface area (Å²) in [6, 6.07) is 10.3. The molecule has 0 saturated heterocycles. The Labute approximate surface area is 148 Å². The molecule has 1 amide bonds. The summed E-state index contributed by atoms with van der Waals surface area (Å²) in [5.74, 6) is -0.884. The van der Waals surface area contributed by atoms with Crippen molar-refractivity contribution in [3.63, 3.8) is 0 Å². The number of methoxy groups -OCH3 is 1. The highest BCUT2D eigenvalue weighted by Gasteiger charge is 2.13. The van der Waals surface area contributed by atoms with Gasteiger partial charge < -0.3 is 15.2 Å². The number of carboxylic acid groups (broad SMARTS) is 1. The van der Waals surface area contributed by atoms with Crippen LogP contribution in [0, 0.1) is 6.92 Å². The van der Waals surface area contributed by atoms with Crippen molar-refractivity contribution in [3.05, 3.63) is 63.6 Å². The highest BCUT2D eigenvalue weighted by atomic mass is 79.9. The van der Waals surface area contributed by atoms with Gasteiger partial charge in [0.15, 0.2) is 0 Å². The minimum atomic E-state index is -1.09. The molecule has 0 unspecified atom stereocenters. The summed E-state index contributed by atoms with van der Waals surface area (Å²) in [6.45, 7) is 1.74. The van der Waals surface area contributed by atoms with Crippen molar-refractivity contribution in [1.82, 2.24) is 0 Å². The van der Waals surface area contributed by atoms with Crippen LogP contribution in [0.4, 0.5) is 5.69 Å². The van der Waals surface area contributed by atoms with E-state index in [0.717, 1.165) is 10.0 Å². The van der Waals surface area contributed by atoms with Crippen molar-refractivity contribution in [3.8, 4) is 5.75 Å². The van der Waals surface area contributed by atoms with Crippen molar-refractivity contribution in [2.75, 3.05) is 12.4 Å². The Kier molecular flexibility index (Phi) is 5.76. The van der Waals surface area contributed by atoms with Gasteiger partial charge in [-0.1, -0.05) is 28.1 Å². The number of halogens is 1. The van der Waals surface area contributed by atoms with E-state index in [1.165, 1.54) is 12.1 Å². The lowest BCUT2D eigenvalue weighted by Crippen LogP contribution is -2.13. The van der Waals surface area contributed by atoms with Gasteiger partial charge in [0.2, 0.25) is 5.91 Å². The second-order valence-corrected chi connectivity index (χ2v) is 5.93. The van der Waals surface area contributed by atoms with E-state index in [-0.39, 0.29) is 5.56 Å². The smallest absolute Gasteiger partial charge is 0.337 e. The first-order chi connectivity index (χ1) is 11.4. The number of hydrogen-bond donors (Lipinski definition) is 2. The van der Waals surface area contributed by atoms with E-state index < -0.39 is 11.9 Å². The average Bonchev–Trinajstić information content (AvgIpc) is 2.54. The first kappa shape index (κ1) is 17.7. The Balaban J connectivity index is 2.23. The van der Waals surface area contributed by atoms with Gasteiger partial charge in [0.05, 0.1) is 18.4 Å². The van der Waals surface area contributed by atoms with Gasteiger partial charge in [0, 0.05) is 16.1 Å². The third-order valence-electron chi connectivity index (χ3n) is 3.36. The lowest BCUT2D eigenvalue weighted by molar-refractivity contribution is -0.111. The van der Waals surface area contributed by atoms with Gasteiger partial charge in [-0.2, -0.15) is 0 Å². The Morgan fingerprint density at radius 2 is 2.00 bits per heavy atom. The molecule has 0 bridgehead atoms. The van der Waals surface area contributed by atoms with Gasteiger partial charge in [-0.25, -0.2) is 4.79 Å². The number of aryl methyl sites for hydroxylation is 1. The van der Waals surface area contributed by atoms with Crippen molar-refractivity contribution in [1.29, 1.82) is 0 Å². The number of aromatic carboxylic acids is 1. The van der Waals surface area contributed by atoms with Crippen LogP contribution in [0.2, 0.25) is 0 Å². The standard InChI is InChI=1S/C18H16BrNO4/c1-11-4-3-5-14(18(22)23)17(11)20-16(21)9-6-12-10-13(19)7-8-15(12)24-2/h3-10H,1-2H3,(H,20,21)(H,22,23)/b9-6+. The number of nitrogens with one attached hydrogen (secondary N) is 1. The quantitative estimate of drug-likeness (QED) is 0.754. The number of rotatable bonds is 5. The normalized spacial score (nSPS) is 10.6. The Morgan fingerprint density at radius 3 is 2.67 bits per heavy atom. The van der Waals surface area contributed by atoms with Crippen LogP contribution >= 0.6 is 15.9 Å². The van der Waals surface area contributed by atoms with E-state index in [0.29, 0.717) is 17.0 Å². The summed E-state index contributed by atoms with van der Waals surface area (Å²) in [5.41, 5.74) is 1.75. The van der Waals surface area contributed by atoms with Crippen LogP contribution in [0.1, 0.15) is 21.5 Å². The van der Waals surface area contributed by atoms with Crippen molar-refractivity contribution in [2.24, 2.45) is 0 Å². The number of anilines is 1. The van der Waals surface area contributed by atoms with Crippen LogP contribution in [0.15, 0.2) is 46.9 Å². The van der Waals surface area contributed by atoms with Crippen LogP contribution in [0.25, 0.3) is 6.08 Å². The molecule has 0 aliphatic heterocycles. The Bertz CT molecular complexity index is 815. The maximum absolute atomic E-state index is 12.2. The highest BCUT2D eigenvalue weighted by molar-refractivity contribution is 9.10. The van der Waals surface area contributed by atoms with Gasteiger partial charge in [0.1, 0.15) is 5.75 Å². The predicted octanol–water partition coefficient (Wildman–Crippen LogP) is 4.12. The van der Waals surface area contributed by atoms with Crippen LogP contribution < -0.4 is 10.1 Å². The largest absolute Gasteiger partial charge is 0.496 e. The number of carboxylic acids is 1. The summed E-state index contributed by atoms with van der Waals surface area (Å²) in [5, 5.41) is 11.8. The number of carbonyl (C=O) groups excluding carboxylic acids is 1. The van der Waals surface area contributed by atoms with Crippen molar-refractivity contribution in [2.45, 2.75) is 6.92 Å². The zero-order chi connectivity index (χ0) is 17.7. The molecule has 0 aliphatic carbocycles. The number of hydrogen-bond acceptors (Lipinski definition) is 3. The predicted molar refractivity (Wildman–Crippen MR) is 96.5 cm³/mol. The van der Waals surface area contributed by atoms with E-state index in [1.807, 2.05) is 12.1 Å². The zero-order valence-corrected chi connectivity index (χ0v) is 14.8. The summed E-state index contributed by atoms with van der Waals surface area (Å²) < 4.78 is 6.10. The molecule has 6 heteroatoms. The summed E-state index contributed by atoms with van der Waals surface area (Å²) in [7, 11) is 1.55. The topological polar surface area (TPSA) is 75.6 Å². The van der Waals surface area contributed by atoms with Gasteiger partial charge in [-0.15, -0.1) is 0 Å². The molecular weight excluding hydrogens is 374 g/mol. The van der Waals surface area contributed by atoms with Gasteiger partial charge in [-0.3, -0.25) is 4.79 Å². The molecule has 2 N–H and O–H groups in total. The van der Waals surface area contributed by atoms with Crippen molar-refractivity contribution < 1.29 is 19.4 Å². The summed E-state index contributed by atoms with van der Waals surface area (Å²) in [4.78, 5) is 23.4. The molecule has 0 saturated carbocycles. The molecule has 2 aromatic rings. The summed E-state index contributed by atoms with van der Waals surface area (Å²) >= 11 is 3.37. The van der Waals surface area contributed by atoms with Crippen molar-refractivity contribution >= 4 is 39.6 Å². The maximum atomic E-state index is 12.2. The molecule has 0 aromatic heterocycles. The second kappa shape index (κ2) is 7.79. The number of ether oxygens (including phenoxy) is 1. The third-order valence-corrected chi connectivity index (χ3v) is 3.85. The molecule has 0 fully saturated rings. The molecule has 124 valence electrons. The molecule has 0 spiro atoms. The van der Waals surface area contributed by atoms with Gasteiger partial charge in [-0.05, 0) is 42.8 Å². The lowest BCUT2D eigenvalue weighted by atomic mass is 10.1. The Hall–Kier alpha value is -2.60. The molecule has 0 heterocycles. The fourth-order valence-electron chi connectivity index (χ4n) is 2.18. The maximum Gasteiger partial charge on any atom is 0.337 e. The van der Waals surface area contributed by atoms with Crippen LogP contribution in [-0.2, 0) is 4.79 Å². The van der Waals surface area contributed by atoms with Crippen LogP contribution in [0.5, 0.6) is 5.75 Å². The number of benzene rings is 2. The minimum Gasteiger partial charge on any atom is -0.496 e. The van der Waals surface area contributed by atoms with E-state index in [1.54, 1.807) is 38.3 Å². The first-order valence-corrected chi connectivity index (χ1v) is 7.87. The van der Waals surface area contributed by atoms with Gasteiger partial charge >= 0.3 is 5.97 Å². The molecule has 2 rings (SSSR count). The highest BCUT2D eigenvalue weighted by Crippen LogP contribution is 2.24. The van der Waals surface area contributed by atoms with Crippen LogP contribution in [-0.4, -0.2) is 24.1 Å². The fraction of sp³-hybridized carbons (Fsp3) is 0.111. The van der Waals surface area contributed by atoms with E-state index >= 15 is 0 Å². The SMILES string of the molecule is COc1ccc(Br)cc1/C=C/C(=O)Nc1c(C)cccc1C(=O)O. The summed E-state index contributed by atoms with van der Waals surface area (Å²) in [6.07, 6.45) is 2.94. The zero-order valence-electron chi connectivity index (χ0n) is 13.2. The Morgan fingerprint density at radius 1 is 1.25 bits per heavy atom. The molecule has 24 heavy (non-hydrogen) atoms. The molecular formula is C18H16BrNO4. The second-order valence-electron chi connectivity index (χ2n) is 5.01.